The smallest absolute Gasteiger partial charge is 0.163 e. The molecule has 1 aromatic rings. The van der Waals surface area contributed by atoms with Crippen molar-refractivity contribution in [2.75, 3.05) is 14.2 Å². The van der Waals surface area contributed by atoms with Crippen molar-refractivity contribution in [1.82, 2.24) is 0 Å². The van der Waals surface area contributed by atoms with Crippen molar-refractivity contribution in [3.8, 4) is 11.5 Å². The predicted molar refractivity (Wildman–Crippen MR) is 61.5 cm³/mol. The minimum Gasteiger partial charge on any atom is -0.493 e. The fraction of sp³-hybridized carbons (Fsp3) is 0.500. The van der Waals surface area contributed by atoms with Crippen LogP contribution in [-0.4, -0.2) is 20.3 Å². The van der Waals surface area contributed by atoms with Crippen molar-refractivity contribution in [3.63, 3.8) is 0 Å². The molecule has 16 heavy (non-hydrogen) atoms. The van der Waals surface area contributed by atoms with Crippen LogP contribution in [0.3, 0.4) is 0 Å². The molecule has 4 heteroatoms. The highest BCUT2D eigenvalue weighted by molar-refractivity contribution is 5.44. The van der Waals surface area contributed by atoms with Crippen LogP contribution in [0.2, 0.25) is 0 Å². The average molecular weight is 227 g/mol. The molecule has 0 amide bonds. The molecule has 0 aliphatic carbocycles. The Kier molecular flexibility index (Phi) is 4.55. The highest BCUT2D eigenvalue weighted by Gasteiger charge is 2.12. The zero-order valence-corrected chi connectivity index (χ0v) is 9.92. The van der Waals surface area contributed by atoms with Gasteiger partial charge >= 0.3 is 0 Å². The van der Waals surface area contributed by atoms with Crippen molar-refractivity contribution in [3.05, 3.63) is 23.5 Å². The number of ether oxygens (including phenoxy) is 2. The van der Waals surface area contributed by atoms with Crippen molar-refractivity contribution < 1.29 is 13.9 Å². The molecular weight excluding hydrogens is 209 g/mol. The largest absolute Gasteiger partial charge is 0.493 e. The zero-order valence-electron chi connectivity index (χ0n) is 9.92. The van der Waals surface area contributed by atoms with Crippen molar-refractivity contribution in [1.29, 1.82) is 0 Å². The van der Waals surface area contributed by atoms with Crippen molar-refractivity contribution in [2.45, 2.75) is 25.8 Å². The molecule has 0 saturated carbocycles. The van der Waals surface area contributed by atoms with Crippen molar-refractivity contribution >= 4 is 0 Å². The van der Waals surface area contributed by atoms with Crippen LogP contribution in [0.25, 0.3) is 0 Å². The molecule has 1 aromatic carbocycles. The van der Waals surface area contributed by atoms with E-state index in [0.29, 0.717) is 23.5 Å². The molecule has 0 saturated heterocycles. The Morgan fingerprint density at radius 1 is 1.25 bits per heavy atom. The third-order valence-corrected chi connectivity index (χ3v) is 2.56. The summed E-state index contributed by atoms with van der Waals surface area (Å²) in [5.41, 5.74) is 6.36. The lowest BCUT2D eigenvalue weighted by Crippen LogP contribution is -2.22. The molecular formula is C12H18FNO2. The first-order chi connectivity index (χ1) is 7.62. The van der Waals surface area contributed by atoms with Gasteiger partial charge in [0.25, 0.3) is 0 Å². The van der Waals surface area contributed by atoms with Gasteiger partial charge in [0.05, 0.1) is 14.2 Å². The van der Waals surface area contributed by atoms with Gasteiger partial charge in [-0.15, -0.1) is 0 Å². The number of hydrogen-bond donors (Lipinski definition) is 1. The molecule has 0 radical (unpaired) electrons. The lowest BCUT2D eigenvalue weighted by atomic mass is 10.0. The lowest BCUT2D eigenvalue weighted by molar-refractivity contribution is 0.351. The Morgan fingerprint density at radius 2 is 1.81 bits per heavy atom. The van der Waals surface area contributed by atoms with E-state index in [1.54, 1.807) is 6.07 Å². The van der Waals surface area contributed by atoms with E-state index in [4.69, 9.17) is 15.2 Å². The molecule has 0 bridgehead atoms. The number of rotatable bonds is 5. The Balaban J connectivity index is 3.01. The van der Waals surface area contributed by atoms with Crippen LogP contribution in [0.4, 0.5) is 4.39 Å². The molecule has 1 rings (SSSR count). The summed E-state index contributed by atoms with van der Waals surface area (Å²) in [4.78, 5) is 0. The maximum atomic E-state index is 13.7. The summed E-state index contributed by atoms with van der Waals surface area (Å²) in [6.07, 6.45) is 1.32. The molecule has 0 aliphatic heterocycles. The Bertz CT molecular complexity index is 355. The van der Waals surface area contributed by atoms with Crippen LogP contribution in [0, 0.1) is 5.82 Å². The van der Waals surface area contributed by atoms with Crippen LogP contribution in [-0.2, 0) is 6.42 Å². The quantitative estimate of drug-likeness (QED) is 0.838. The molecule has 0 aliphatic rings. The van der Waals surface area contributed by atoms with E-state index < -0.39 is 0 Å². The summed E-state index contributed by atoms with van der Waals surface area (Å²) in [5.74, 6) is 0.623. The highest BCUT2D eigenvalue weighted by Crippen LogP contribution is 2.30. The summed E-state index contributed by atoms with van der Waals surface area (Å²) in [6.45, 7) is 1.98. The van der Waals surface area contributed by atoms with Crippen LogP contribution in [0.1, 0.15) is 18.9 Å². The number of hydrogen-bond acceptors (Lipinski definition) is 3. The fourth-order valence-electron chi connectivity index (χ4n) is 1.48. The number of halogens is 1. The van der Waals surface area contributed by atoms with E-state index in [0.717, 1.165) is 6.42 Å². The molecule has 1 unspecified atom stereocenters. The summed E-state index contributed by atoms with van der Waals surface area (Å²) in [6, 6.07) is 2.94. The van der Waals surface area contributed by atoms with Gasteiger partial charge in [-0.3, -0.25) is 0 Å². The van der Waals surface area contributed by atoms with Gasteiger partial charge < -0.3 is 15.2 Å². The molecule has 90 valence electrons. The van der Waals surface area contributed by atoms with Crippen LogP contribution >= 0.6 is 0 Å². The summed E-state index contributed by atoms with van der Waals surface area (Å²) >= 11 is 0. The summed E-state index contributed by atoms with van der Waals surface area (Å²) in [7, 11) is 3.01. The monoisotopic (exact) mass is 227 g/mol. The van der Waals surface area contributed by atoms with Gasteiger partial charge in [-0.1, -0.05) is 6.92 Å². The SMILES string of the molecule is CCC(N)Cc1cc(OC)c(OC)cc1F. The second-order valence-corrected chi connectivity index (χ2v) is 3.67. The van der Waals surface area contributed by atoms with E-state index in [2.05, 4.69) is 0 Å². The van der Waals surface area contributed by atoms with Crippen LogP contribution in [0.5, 0.6) is 11.5 Å². The van der Waals surface area contributed by atoms with E-state index >= 15 is 0 Å². The summed E-state index contributed by atoms with van der Waals surface area (Å²) in [5, 5.41) is 0. The van der Waals surface area contributed by atoms with E-state index in [1.165, 1.54) is 20.3 Å². The predicted octanol–water partition coefficient (Wildman–Crippen LogP) is 2.12. The van der Waals surface area contributed by atoms with Gasteiger partial charge in [0.1, 0.15) is 5.82 Å². The first-order valence-corrected chi connectivity index (χ1v) is 5.28. The first kappa shape index (κ1) is 12.8. The van der Waals surface area contributed by atoms with Gasteiger partial charge in [-0.05, 0) is 24.5 Å². The molecule has 2 N–H and O–H groups in total. The fourth-order valence-corrected chi connectivity index (χ4v) is 1.48. The van der Waals surface area contributed by atoms with Gasteiger partial charge in [0, 0.05) is 12.1 Å². The average Bonchev–Trinajstić information content (AvgIpc) is 2.30. The minimum absolute atomic E-state index is 0.0346. The third kappa shape index (κ3) is 2.85. The Morgan fingerprint density at radius 3 is 2.31 bits per heavy atom. The zero-order chi connectivity index (χ0) is 12.1. The number of benzene rings is 1. The molecule has 0 aromatic heterocycles. The maximum Gasteiger partial charge on any atom is 0.163 e. The van der Waals surface area contributed by atoms with Gasteiger partial charge in [0.15, 0.2) is 11.5 Å². The standard InChI is InChI=1S/C12H18FNO2/c1-4-9(14)5-8-6-11(15-2)12(16-3)7-10(8)13/h6-7,9H,4-5,14H2,1-3H3. The lowest BCUT2D eigenvalue weighted by Gasteiger charge is -2.13. The second-order valence-electron chi connectivity index (χ2n) is 3.67. The van der Waals surface area contributed by atoms with Gasteiger partial charge in [-0.25, -0.2) is 4.39 Å². The molecule has 0 heterocycles. The topological polar surface area (TPSA) is 44.5 Å². The maximum absolute atomic E-state index is 13.7. The normalized spacial score (nSPS) is 12.3. The Labute approximate surface area is 95.4 Å². The molecule has 1 atom stereocenters. The number of methoxy groups -OCH3 is 2. The summed E-state index contributed by atoms with van der Waals surface area (Å²) < 4.78 is 23.8. The van der Waals surface area contributed by atoms with Crippen LogP contribution < -0.4 is 15.2 Å². The van der Waals surface area contributed by atoms with E-state index in [9.17, 15) is 4.39 Å². The van der Waals surface area contributed by atoms with Gasteiger partial charge in [0.2, 0.25) is 0 Å². The molecule has 3 nitrogen and oxygen atoms in total. The van der Waals surface area contributed by atoms with E-state index in [-0.39, 0.29) is 11.9 Å². The van der Waals surface area contributed by atoms with Crippen LogP contribution in [0.15, 0.2) is 12.1 Å². The van der Waals surface area contributed by atoms with Crippen molar-refractivity contribution in [2.24, 2.45) is 5.73 Å². The Hall–Kier alpha value is -1.29. The van der Waals surface area contributed by atoms with Gasteiger partial charge in [-0.2, -0.15) is 0 Å². The second kappa shape index (κ2) is 5.70. The first-order valence-electron chi connectivity index (χ1n) is 5.28. The molecule has 0 spiro atoms. The number of nitrogens with two attached hydrogens (primary N) is 1. The highest BCUT2D eigenvalue weighted by atomic mass is 19.1. The van der Waals surface area contributed by atoms with E-state index in [1.807, 2.05) is 6.92 Å². The molecule has 0 fully saturated rings. The third-order valence-electron chi connectivity index (χ3n) is 2.56. The minimum atomic E-state index is -0.304.